The first-order chi connectivity index (χ1) is 15.5. The molecule has 0 saturated heterocycles. The Balaban J connectivity index is 1.69. The monoisotopic (exact) mass is 466 g/mol. The van der Waals surface area contributed by atoms with Crippen LogP contribution in [-0.4, -0.2) is 26.7 Å². The lowest BCUT2D eigenvalue weighted by atomic mass is 9.93. The summed E-state index contributed by atoms with van der Waals surface area (Å²) in [6.07, 6.45) is 3.92. The zero-order valence-corrected chi connectivity index (χ0v) is 18.6. The predicted octanol–water partition coefficient (Wildman–Crippen LogP) is 5.49. The Morgan fingerprint density at radius 1 is 0.969 bits per heavy atom. The van der Waals surface area contributed by atoms with Crippen LogP contribution in [0.2, 0.25) is 10.0 Å². The molecule has 4 rings (SSSR count). The van der Waals surface area contributed by atoms with Crippen molar-refractivity contribution >= 4 is 34.9 Å². The molecule has 0 bridgehead atoms. The molecule has 162 valence electrons. The summed E-state index contributed by atoms with van der Waals surface area (Å²) in [6.45, 7) is 0.200. The fourth-order valence-electron chi connectivity index (χ4n) is 3.85. The molecule has 2 aromatic carbocycles. The van der Waals surface area contributed by atoms with Crippen LogP contribution in [0.3, 0.4) is 0 Å². The summed E-state index contributed by atoms with van der Waals surface area (Å²) >= 11 is 12.3. The Kier molecular flexibility index (Phi) is 6.58. The molecule has 2 heterocycles. The average Bonchev–Trinajstić information content (AvgIpc) is 3.06. The van der Waals surface area contributed by atoms with E-state index < -0.39 is 17.7 Å². The minimum Gasteiger partial charge on any atom is -0.503 e. The molecule has 0 fully saturated rings. The molecule has 1 amide bonds. The molecule has 32 heavy (non-hydrogen) atoms. The number of aryl methyl sites for hydroxylation is 1. The Hall–Kier alpha value is -3.15. The van der Waals surface area contributed by atoms with Crippen LogP contribution in [-0.2, 0) is 22.6 Å². The number of aliphatic hydroxyl groups excluding tert-OH is 1. The average molecular weight is 467 g/mol. The van der Waals surface area contributed by atoms with E-state index in [1.54, 1.807) is 42.7 Å². The van der Waals surface area contributed by atoms with Crippen molar-refractivity contribution in [2.24, 2.45) is 0 Å². The summed E-state index contributed by atoms with van der Waals surface area (Å²) in [4.78, 5) is 31.7. The van der Waals surface area contributed by atoms with E-state index in [0.717, 1.165) is 11.1 Å². The third-order valence-electron chi connectivity index (χ3n) is 5.45. The van der Waals surface area contributed by atoms with Crippen molar-refractivity contribution in [1.29, 1.82) is 0 Å². The minimum absolute atomic E-state index is 0.0818. The summed E-state index contributed by atoms with van der Waals surface area (Å²) in [5.41, 5.74) is 2.52. The molecule has 1 aliphatic heterocycles. The molecule has 0 aliphatic carbocycles. The first-order valence-electron chi connectivity index (χ1n) is 10.1. The molecule has 1 atom stereocenters. The van der Waals surface area contributed by atoms with Crippen molar-refractivity contribution in [2.75, 3.05) is 0 Å². The highest BCUT2D eigenvalue weighted by Crippen LogP contribution is 2.40. The van der Waals surface area contributed by atoms with Gasteiger partial charge in [0, 0.05) is 25.4 Å². The van der Waals surface area contributed by atoms with Gasteiger partial charge in [-0.25, -0.2) is 0 Å². The van der Waals surface area contributed by atoms with Crippen molar-refractivity contribution in [3.8, 4) is 0 Å². The highest BCUT2D eigenvalue weighted by Gasteiger charge is 2.43. The third-order valence-corrected chi connectivity index (χ3v) is 6.19. The van der Waals surface area contributed by atoms with Gasteiger partial charge < -0.3 is 10.0 Å². The molecule has 1 unspecified atom stereocenters. The van der Waals surface area contributed by atoms with Gasteiger partial charge in [-0.2, -0.15) is 0 Å². The molecule has 0 radical (unpaired) electrons. The van der Waals surface area contributed by atoms with Crippen LogP contribution in [0.1, 0.15) is 29.2 Å². The Labute approximate surface area is 195 Å². The van der Waals surface area contributed by atoms with E-state index in [1.807, 2.05) is 30.3 Å². The number of aliphatic hydroxyl groups is 1. The van der Waals surface area contributed by atoms with Crippen LogP contribution in [0.5, 0.6) is 0 Å². The van der Waals surface area contributed by atoms with E-state index >= 15 is 0 Å². The molecule has 5 nitrogen and oxygen atoms in total. The molecule has 1 aliphatic rings. The first-order valence-corrected chi connectivity index (χ1v) is 10.9. The van der Waals surface area contributed by atoms with Crippen LogP contribution >= 0.6 is 23.2 Å². The number of hydrogen-bond acceptors (Lipinski definition) is 4. The number of carbonyl (C=O) groups excluding carboxylic acids is 2. The lowest BCUT2D eigenvalue weighted by Crippen LogP contribution is -2.30. The topological polar surface area (TPSA) is 70.5 Å². The van der Waals surface area contributed by atoms with Gasteiger partial charge >= 0.3 is 0 Å². The van der Waals surface area contributed by atoms with Gasteiger partial charge in [0.05, 0.1) is 21.7 Å². The highest BCUT2D eigenvalue weighted by atomic mass is 35.5. The van der Waals surface area contributed by atoms with E-state index in [0.29, 0.717) is 22.0 Å². The molecule has 3 aromatic rings. The van der Waals surface area contributed by atoms with E-state index in [9.17, 15) is 14.7 Å². The van der Waals surface area contributed by atoms with Gasteiger partial charge in [0.2, 0.25) is 0 Å². The lowest BCUT2D eigenvalue weighted by Gasteiger charge is -2.27. The second-order valence-electron chi connectivity index (χ2n) is 7.54. The Morgan fingerprint density at radius 3 is 2.38 bits per heavy atom. The van der Waals surface area contributed by atoms with Crippen LogP contribution in [0.25, 0.3) is 0 Å². The van der Waals surface area contributed by atoms with Crippen molar-refractivity contribution < 1.29 is 14.7 Å². The maximum atomic E-state index is 13.2. The Morgan fingerprint density at radius 2 is 1.69 bits per heavy atom. The zero-order chi connectivity index (χ0) is 22.7. The van der Waals surface area contributed by atoms with E-state index in [4.69, 9.17) is 23.2 Å². The minimum atomic E-state index is -0.770. The Bertz CT molecular complexity index is 1180. The quantitative estimate of drug-likeness (QED) is 0.499. The van der Waals surface area contributed by atoms with Gasteiger partial charge in [-0.05, 0) is 47.4 Å². The van der Waals surface area contributed by atoms with Crippen molar-refractivity contribution in [3.05, 3.63) is 111 Å². The third kappa shape index (κ3) is 4.54. The number of pyridine rings is 1. The fraction of sp³-hybridized carbons (Fsp3) is 0.160. The predicted molar refractivity (Wildman–Crippen MR) is 123 cm³/mol. The summed E-state index contributed by atoms with van der Waals surface area (Å²) in [5, 5.41) is 11.4. The summed E-state index contributed by atoms with van der Waals surface area (Å²) in [5.74, 6) is -1.40. The fourth-order valence-corrected chi connectivity index (χ4v) is 4.16. The standard InChI is InChI=1S/C25H20Cl2N2O3/c26-19-8-7-18(14-20(19)27)23-22(21(30)9-6-16-4-2-1-3-5-16)24(31)25(32)29(23)15-17-10-12-28-13-11-17/h1-5,7-8,10-14,23,31H,6,9,15H2. The van der Waals surface area contributed by atoms with E-state index in [2.05, 4.69) is 4.98 Å². The first kappa shape index (κ1) is 22.1. The number of nitrogens with zero attached hydrogens (tertiary/aromatic N) is 2. The molecule has 0 saturated carbocycles. The second kappa shape index (κ2) is 9.55. The lowest BCUT2D eigenvalue weighted by molar-refractivity contribution is -0.130. The zero-order valence-electron chi connectivity index (χ0n) is 17.0. The number of ketones is 1. The normalized spacial score (nSPS) is 16.0. The number of hydrogen-bond donors (Lipinski definition) is 1. The summed E-state index contributed by atoms with van der Waals surface area (Å²) in [6, 6.07) is 17.4. The van der Waals surface area contributed by atoms with Crippen LogP contribution in [0, 0.1) is 0 Å². The number of aromatic nitrogens is 1. The number of halogens is 2. The van der Waals surface area contributed by atoms with E-state index in [-0.39, 0.29) is 24.3 Å². The van der Waals surface area contributed by atoms with Crippen molar-refractivity contribution in [1.82, 2.24) is 9.88 Å². The SMILES string of the molecule is O=C(CCc1ccccc1)C1=C(O)C(=O)N(Cc2ccncc2)C1c1ccc(Cl)c(Cl)c1. The van der Waals surface area contributed by atoms with Crippen molar-refractivity contribution in [3.63, 3.8) is 0 Å². The van der Waals surface area contributed by atoms with Gasteiger partial charge in [-0.1, -0.05) is 59.6 Å². The van der Waals surface area contributed by atoms with Gasteiger partial charge in [0.15, 0.2) is 11.5 Å². The van der Waals surface area contributed by atoms with Gasteiger partial charge in [-0.3, -0.25) is 14.6 Å². The molecular weight excluding hydrogens is 447 g/mol. The van der Waals surface area contributed by atoms with Gasteiger partial charge in [-0.15, -0.1) is 0 Å². The van der Waals surface area contributed by atoms with Gasteiger partial charge in [0.1, 0.15) is 0 Å². The smallest absolute Gasteiger partial charge is 0.290 e. The maximum absolute atomic E-state index is 13.2. The molecule has 1 N–H and O–H groups in total. The maximum Gasteiger partial charge on any atom is 0.290 e. The summed E-state index contributed by atoms with van der Waals surface area (Å²) < 4.78 is 0. The number of amides is 1. The molecule has 1 aromatic heterocycles. The van der Waals surface area contributed by atoms with Crippen LogP contribution in [0.15, 0.2) is 84.4 Å². The van der Waals surface area contributed by atoms with Crippen molar-refractivity contribution in [2.45, 2.75) is 25.4 Å². The largest absolute Gasteiger partial charge is 0.503 e. The van der Waals surface area contributed by atoms with E-state index in [1.165, 1.54) is 4.90 Å². The van der Waals surface area contributed by atoms with Gasteiger partial charge in [0.25, 0.3) is 5.91 Å². The molecular formula is C25H20Cl2N2O3. The number of rotatable bonds is 7. The second-order valence-corrected chi connectivity index (χ2v) is 8.35. The molecule has 7 heteroatoms. The van der Waals surface area contributed by atoms with Crippen LogP contribution < -0.4 is 0 Å². The van der Waals surface area contributed by atoms with Crippen LogP contribution in [0.4, 0.5) is 0 Å². The number of benzene rings is 2. The molecule has 0 spiro atoms. The summed E-state index contributed by atoms with van der Waals surface area (Å²) in [7, 11) is 0. The number of carbonyl (C=O) groups is 2. The number of Topliss-reactive ketones (excluding diaryl/α,β-unsaturated/α-hetero) is 1. The highest BCUT2D eigenvalue weighted by molar-refractivity contribution is 6.42.